The molecule has 0 saturated heterocycles. The number of hydrogen-bond acceptors (Lipinski definition) is 1. The van der Waals surface area contributed by atoms with Crippen LogP contribution >= 0.6 is 0 Å². The molecule has 1 nitrogen and oxygen atoms in total. The third-order valence-corrected chi connectivity index (χ3v) is 5.76. The van der Waals surface area contributed by atoms with Crippen molar-refractivity contribution in [1.29, 1.82) is 0 Å². The van der Waals surface area contributed by atoms with Gasteiger partial charge in [0.2, 0.25) is 0 Å². The molecule has 130 valence electrons. The zero-order valence-electron chi connectivity index (χ0n) is 15.6. The van der Waals surface area contributed by atoms with Gasteiger partial charge in [0.15, 0.2) is 0 Å². The molecular weight excluding hydrogens is 326 g/mol. The first-order valence-corrected chi connectivity index (χ1v) is 9.41. The van der Waals surface area contributed by atoms with Crippen molar-refractivity contribution in [3.8, 4) is 33.5 Å². The van der Waals surface area contributed by atoms with Crippen LogP contribution in [-0.4, -0.2) is 4.98 Å². The predicted octanol–water partition coefficient (Wildman–Crippen LogP) is 6.72. The van der Waals surface area contributed by atoms with Crippen molar-refractivity contribution < 1.29 is 0 Å². The second-order valence-corrected chi connectivity index (χ2v) is 7.72. The van der Waals surface area contributed by atoms with E-state index in [-0.39, 0.29) is 5.41 Å². The topological polar surface area (TPSA) is 12.9 Å². The first-order valence-electron chi connectivity index (χ1n) is 9.41. The molecule has 0 aliphatic heterocycles. The monoisotopic (exact) mass is 347 g/mol. The molecule has 0 N–H and O–H groups in total. The molecule has 0 radical (unpaired) electrons. The maximum atomic E-state index is 4.44. The van der Waals surface area contributed by atoms with Gasteiger partial charge in [0.1, 0.15) is 0 Å². The largest absolute Gasteiger partial charge is 0.256 e. The molecule has 3 aromatic carbocycles. The molecule has 1 aliphatic rings. The van der Waals surface area contributed by atoms with Crippen LogP contribution in [0.25, 0.3) is 33.5 Å². The molecule has 0 saturated carbocycles. The predicted molar refractivity (Wildman–Crippen MR) is 113 cm³/mol. The fourth-order valence-electron chi connectivity index (χ4n) is 4.25. The summed E-state index contributed by atoms with van der Waals surface area (Å²) >= 11 is 0. The molecule has 0 fully saturated rings. The first kappa shape index (κ1) is 16.0. The van der Waals surface area contributed by atoms with E-state index in [0.29, 0.717) is 0 Å². The van der Waals surface area contributed by atoms with Crippen LogP contribution in [0.2, 0.25) is 0 Å². The van der Waals surface area contributed by atoms with Crippen LogP contribution < -0.4 is 0 Å². The highest BCUT2D eigenvalue weighted by Crippen LogP contribution is 2.49. The van der Waals surface area contributed by atoms with E-state index in [9.17, 15) is 0 Å². The number of rotatable bonds is 2. The third-order valence-electron chi connectivity index (χ3n) is 5.76. The van der Waals surface area contributed by atoms with E-state index in [0.717, 1.165) is 11.3 Å². The number of fused-ring (bicyclic) bond motifs is 3. The van der Waals surface area contributed by atoms with Crippen LogP contribution in [0, 0.1) is 0 Å². The summed E-state index contributed by atoms with van der Waals surface area (Å²) in [5.41, 5.74) is 10.3. The van der Waals surface area contributed by atoms with E-state index >= 15 is 0 Å². The minimum Gasteiger partial charge on any atom is -0.256 e. The number of nitrogens with zero attached hydrogens (tertiary/aromatic N) is 1. The molecule has 27 heavy (non-hydrogen) atoms. The Morgan fingerprint density at radius 1 is 0.593 bits per heavy atom. The molecule has 1 heteroatoms. The van der Waals surface area contributed by atoms with Crippen LogP contribution in [0.1, 0.15) is 25.0 Å². The van der Waals surface area contributed by atoms with E-state index in [1.807, 2.05) is 24.4 Å². The highest BCUT2D eigenvalue weighted by Gasteiger charge is 2.35. The zero-order valence-corrected chi connectivity index (χ0v) is 15.6. The van der Waals surface area contributed by atoms with E-state index in [1.165, 1.54) is 33.4 Å². The molecule has 0 unspecified atom stereocenters. The molecule has 0 spiro atoms. The van der Waals surface area contributed by atoms with Gasteiger partial charge in [-0.2, -0.15) is 0 Å². The summed E-state index contributed by atoms with van der Waals surface area (Å²) in [4.78, 5) is 4.44. The fraction of sp³-hybridized carbons (Fsp3) is 0.115. The lowest BCUT2D eigenvalue weighted by atomic mass is 9.81. The van der Waals surface area contributed by atoms with Gasteiger partial charge >= 0.3 is 0 Å². The van der Waals surface area contributed by atoms with E-state index in [4.69, 9.17) is 0 Å². The van der Waals surface area contributed by atoms with Gasteiger partial charge in [-0.15, -0.1) is 0 Å². The SMILES string of the molecule is CC1(C)c2ccccc2-c2ccc(-c3ccc(-c4ccccn4)cc3)cc21. The second-order valence-electron chi connectivity index (χ2n) is 7.72. The Hall–Kier alpha value is -3.19. The zero-order chi connectivity index (χ0) is 18.4. The Balaban J connectivity index is 1.56. The lowest BCUT2D eigenvalue weighted by Crippen LogP contribution is -2.14. The number of benzene rings is 3. The maximum absolute atomic E-state index is 4.44. The van der Waals surface area contributed by atoms with Crippen molar-refractivity contribution in [3.63, 3.8) is 0 Å². The second kappa shape index (κ2) is 5.92. The normalized spacial score (nSPS) is 13.9. The summed E-state index contributed by atoms with van der Waals surface area (Å²) < 4.78 is 0. The molecule has 1 heterocycles. The summed E-state index contributed by atoms with van der Waals surface area (Å²) in [6.07, 6.45) is 1.84. The minimum absolute atomic E-state index is 0.0375. The minimum atomic E-state index is 0.0375. The molecule has 0 amide bonds. The molecule has 1 aliphatic carbocycles. The Morgan fingerprint density at radius 3 is 2.04 bits per heavy atom. The van der Waals surface area contributed by atoms with Gasteiger partial charge in [-0.05, 0) is 51.6 Å². The molecule has 1 aromatic heterocycles. The third kappa shape index (κ3) is 2.50. The standard InChI is InChI=1S/C26H21N/c1-26(2)23-8-4-3-7-21(23)22-15-14-20(17-24(22)26)18-10-12-19(13-11-18)25-9-5-6-16-27-25/h3-17H,1-2H3. The van der Waals surface area contributed by atoms with E-state index < -0.39 is 0 Å². The number of hydrogen-bond donors (Lipinski definition) is 0. The van der Waals surface area contributed by atoms with Gasteiger partial charge in [0.25, 0.3) is 0 Å². The highest BCUT2D eigenvalue weighted by atomic mass is 14.7. The fourth-order valence-corrected chi connectivity index (χ4v) is 4.25. The number of aromatic nitrogens is 1. The lowest BCUT2D eigenvalue weighted by molar-refractivity contribution is 0.660. The van der Waals surface area contributed by atoms with Crippen LogP contribution in [0.3, 0.4) is 0 Å². The Kier molecular flexibility index (Phi) is 3.51. The van der Waals surface area contributed by atoms with Crippen molar-refractivity contribution in [2.45, 2.75) is 19.3 Å². The average molecular weight is 347 g/mol. The van der Waals surface area contributed by atoms with Gasteiger partial charge in [-0.3, -0.25) is 4.98 Å². The highest BCUT2D eigenvalue weighted by molar-refractivity contribution is 5.83. The number of pyridine rings is 1. The molecular formula is C26H21N. The van der Waals surface area contributed by atoms with Crippen molar-refractivity contribution in [2.75, 3.05) is 0 Å². The Morgan fingerprint density at radius 2 is 1.26 bits per heavy atom. The molecule has 4 aromatic rings. The smallest absolute Gasteiger partial charge is 0.0701 e. The van der Waals surface area contributed by atoms with Crippen LogP contribution in [0.15, 0.2) is 91.1 Å². The van der Waals surface area contributed by atoms with Crippen LogP contribution in [0.5, 0.6) is 0 Å². The first-order chi connectivity index (χ1) is 13.1. The van der Waals surface area contributed by atoms with Gasteiger partial charge in [0.05, 0.1) is 5.69 Å². The van der Waals surface area contributed by atoms with E-state index in [1.54, 1.807) is 0 Å². The summed E-state index contributed by atoms with van der Waals surface area (Å²) in [6.45, 7) is 4.65. The van der Waals surface area contributed by atoms with Gasteiger partial charge in [-0.25, -0.2) is 0 Å². The van der Waals surface area contributed by atoms with Crippen molar-refractivity contribution in [3.05, 3.63) is 102 Å². The van der Waals surface area contributed by atoms with Crippen LogP contribution in [0.4, 0.5) is 0 Å². The Bertz CT molecular complexity index is 1120. The van der Waals surface area contributed by atoms with Crippen LogP contribution in [-0.2, 0) is 5.41 Å². The Labute approximate surface area is 160 Å². The van der Waals surface area contributed by atoms with E-state index in [2.05, 4.69) is 85.6 Å². The summed E-state index contributed by atoms with van der Waals surface area (Å²) in [5.74, 6) is 0. The summed E-state index contributed by atoms with van der Waals surface area (Å²) in [5, 5.41) is 0. The average Bonchev–Trinajstić information content (AvgIpc) is 2.96. The van der Waals surface area contributed by atoms with Crippen molar-refractivity contribution in [1.82, 2.24) is 4.98 Å². The van der Waals surface area contributed by atoms with Gasteiger partial charge < -0.3 is 0 Å². The molecule has 0 atom stereocenters. The summed E-state index contributed by atoms with van der Waals surface area (Å²) in [6, 6.07) is 30.4. The van der Waals surface area contributed by atoms with Gasteiger partial charge in [-0.1, -0.05) is 80.6 Å². The lowest BCUT2D eigenvalue weighted by Gasteiger charge is -2.22. The van der Waals surface area contributed by atoms with Crippen molar-refractivity contribution >= 4 is 0 Å². The van der Waals surface area contributed by atoms with Crippen molar-refractivity contribution in [2.24, 2.45) is 0 Å². The van der Waals surface area contributed by atoms with Gasteiger partial charge in [0, 0.05) is 17.2 Å². The quantitative estimate of drug-likeness (QED) is 0.392. The molecule has 5 rings (SSSR count). The molecule has 0 bridgehead atoms. The summed E-state index contributed by atoms with van der Waals surface area (Å²) in [7, 11) is 0. The maximum Gasteiger partial charge on any atom is 0.0701 e.